The smallest absolute Gasteiger partial charge is 0.228 e. The number of fused-ring (bicyclic) bond motifs is 1. The van der Waals surface area contributed by atoms with Gasteiger partial charge in [0.2, 0.25) is 5.91 Å². The minimum atomic E-state index is -0.541. The monoisotopic (exact) mass is 481 g/mol. The van der Waals surface area contributed by atoms with Crippen molar-refractivity contribution in [3.8, 4) is 5.75 Å². The number of ketones is 1. The predicted molar refractivity (Wildman–Crippen MR) is 141 cm³/mol. The van der Waals surface area contributed by atoms with Crippen LogP contribution in [0.15, 0.2) is 84.3 Å². The lowest BCUT2D eigenvalue weighted by molar-refractivity contribution is -0.119. The number of nitrogens with zero attached hydrogens (tertiary/aromatic N) is 2. The summed E-state index contributed by atoms with van der Waals surface area (Å²) in [5.41, 5.74) is 5.06. The molecule has 1 N–H and O–H groups in total. The van der Waals surface area contributed by atoms with Gasteiger partial charge < -0.3 is 10.1 Å². The van der Waals surface area contributed by atoms with Crippen molar-refractivity contribution < 1.29 is 14.3 Å². The van der Waals surface area contributed by atoms with E-state index in [9.17, 15) is 9.59 Å². The van der Waals surface area contributed by atoms with Crippen LogP contribution in [0.5, 0.6) is 5.75 Å². The molecule has 2 heterocycles. The predicted octanol–water partition coefficient (Wildman–Crippen LogP) is 6.04. The van der Waals surface area contributed by atoms with E-state index >= 15 is 0 Å². The molecule has 0 bridgehead atoms. The molecule has 6 heteroatoms. The van der Waals surface area contributed by atoms with Crippen LogP contribution in [0.2, 0.25) is 0 Å². The number of allylic oxidation sites excluding steroid dienone is 1. The van der Waals surface area contributed by atoms with Crippen LogP contribution in [0.3, 0.4) is 0 Å². The topological polar surface area (TPSA) is 71.5 Å². The number of rotatable bonds is 5. The largest absolute Gasteiger partial charge is 0.497 e. The number of hydrogen-bond acceptors (Lipinski definition) is 5. The third-order valence-corrected chi connectivity index (χ3v) is 6.93. The summed E-state index contributed by atoms with van der Waals surface area (Å²) in [7, 11) is 1.65. The molecule has 184 valence electrons. The number of pyridine rings is 1. The van der Waals surface area contributed by atoms with Crippen molar-refractivity contribution in [2.24, 2.45) is 5.92 Å². The van der Waals surface area contributed by atoms with Crippen molar-refractivity contribution in [3.63, 3.8) is 0 Å². The summed E-state index contributed by atoms with van der Waals surface area (Å²) in [6, 6.07) is 19.0. The Hall–Kier alpha value is -3.93. The number of aromatic nitrogens is 1. The molecular weight excluding hydrogens is 450 g/mol. The first kappa shape index (κ1) is 23.8. The molecular formula is C30H31N3O3. The summed E-state index contributed by atoms with van der Waals surface area (Å²) >= 11 is 0. The normalized spacial score (nSPS) is 19.3. The molecule has 2 atom stereocenters. The van der Waals surface area contributed by atoms with Gasteiger partial charge in [-0.05, 0) is 59.7 Å². The Kier molecular flexibility index (Phi) is 6.59. The van der Waals surface area contributed by atoms with Crippen LogP contribution < -0.4 is 15.0 Å². The zero-order valence-corrected chi connectivity index (χ0v) is 20.9. The highest BCUT2D eigenvalue weighted by Gasteiger charge is 2.41. The minimum absolute atomic E-state index is 0.00747. The van der Waals surface area contributed by atoms with Crippen LogP contribution in [0.25, 0.3) is 0 Å². The van der Waals surface area contributed by atoms with Crippen molar-refractivity contribution in [3.05, 3.63) is 95.5 Å². The maximum Gasteiger partial charge on any atom is 0.228 e. The first-order valence-electron chi connectivity index (χ1n) is 12.4. The van der Waals surface area contributed by atoms with E-state index in [-0.39, 0.29) is 23.5 Å². The van der Waals surface area contributed by atoms with Crippen LogP contribution in [-0.4, -0.2) is 23.8 Å². The van der Waals surface area contributed by atoms with Gasteiger partial charge >= 0.3 is 0 Å². The molecule has 5 rings (SSSR count). The summed E-state index contributed by atoms with van der Waals surface area (Å²) in [5.74, 6) is 1.05. The minimum Gasteiger partial charge on any atom is -0.497 e. The number of para-hydroxylation sites is 2. The zero-order valence-electron chi connectivity index (χ0n) is 20.9. The number of amides is 1. The van der Waals surface area contributed by atoms with Crippen molar-refractivity contribution in [2.75, 3.05) is 17.3 Å². The molecule has 0 radical (unpaired) electrons. The molecule has 0 unspecified atom stereocenters. The number of anilines is 2. The second-order valence-corrected chi connectivity index (χ2v) is 9.89. The summed E-state index contributed by atoms with van der Waals surface area (Å²) in [6.07, 6.45) is 4.92. The molecule has 1 aliphatic carbocycles. The quantitative estimate of drug-likeness (QED) is 0.481. The Morgan fingerprint density at radius 1 is 1.06 bits per heavy atom. The standard InChI is InChI=1S/C30H31N3O3/c1-19(2)15-28(35)33-26-9-5-4-8-24(26)32-25-16-22(20-10-12-23(36-3)13-11-20)17-27(34)29(25)30(33)21-7-6-14-31-18-21/h4-14,18-19,22,30,32H,15-17H2,1-3H3/t22-,30-/m0/s1. The Morgan fingerprint density at radius 3 is 2.53 bits per heavy atom. The molecule has 0 spiro atoms. The van der Waals surface area contributed by atoms with E-state index in [4.69, 9.17) is 4.74 Å². The molecule has 2 aromatic carbocycles. The van der Waals surface area contributed by atoms with Gasteiger partial charge in [0.1, 0.15) is 5.75 Å². The van der Waals surface area contributed by atoms with Gasteiger partial charge in [-0.25, -0.2) is 0 Å². The Bertz CT molecular complexity index is 1300. The van der Waals surface area contributed by atoms with E-state index in [0.29, 0.717) is 24.8 Å². The van der Waals surface area contributed by atoms with Crippen molar-refractivity contribution in [2.45, 2.75) is 45.1 Å². The van der Waals surface area contributed by atoms with Crippen LogP contribution in [0, 0.1) is 5.92 Å². The summed E-state index contributed by atoms with van der Waals surface area (Å²) < 4.78 is 5.31. The third kappa shape index (κ3) is 4.51. The SMILES string of the molecule is COc1ccc([C@@H]2CC(=O)C3=C(C2)Nc2ccccc2N(C(=O)CC(C)C)[C@H]3c2cccnc2)cc1. The van der Waals surface area contributed by atoms with Gasteiger partial charge in [0.15, 0.2) is 5.78 Å². The van der Waals surface area contributed by atoms with Crippen LogP contribution in [0.1, 0.15) is 56.2 Å². The van der Waals surface area contributed by atoms with Gasteiger partial charge in [-0.2, -0.15) is 0 Å². The number of carbonyl (C=O) groups is 2. The zero-order chi connectivity index (χ0) is 25.2. The fourth-order valence-corrected chi connectivity index (χ4v) is 5.28. The number of methoxy groups -OCH3 is 1. The number of Topliss-reactive ketones (excluding diaryl/α,β-unsaturated/α-hetero) is 1. The maximum atomic E-state index is 13.9. The van der Waals surface area contributed by atoms with Gasteiger partial charge in [-0.1, -0.05) is 44.2 Å². The number of nitrogens with one attached hydrogen (secondary N) is 1. The van der Waals surface area contributed by atoms with Gasteiger partial charge in [0, 0.05) is 36.5 Å². The fourth-order valence-electron chi connectivity index (χ4n) is 5.28. The Labute approximate surface area is 212 Å². The average molecular weight is 482 g/mol. The average Bonchev–Trinajstić information content (AvgIpc) is 3.03. The summed E-state index contributed by atoms with van der Waals surface area (Å²) in [6.45, 7) is 4.07. The molecule has 0 fully saturated rings. The van der Waals surface area contributed by atoms with E-state index in [2.05, 4.69) is 10.3 Å². The van der Waals surface area contributed by atoms with Crippen molar-refractivity contribution in [1.82, 2.24) is 4.98 Å². The Morgan fingerprint density at radius 2 is 1.83 bits per heavy atom. The van der Waals surface area contributed by atoms with Crippen LogP contribution in [0.4, 0.5) is 11.4 Å². The highest BCUT2D eigenvalue weighted by atomic mass is 16.5. The summed E-state index contributed by atoms with van der Waals surface area (Å²) in [5, 5.41) is 3.57. The fraction of sp³-hybridized carbons (Fsp3) is 0.300. The molecule has 1 amide bonds. The van der Waals surface area contributed by atoms with E-state index in [0.717, 1.165) is 33.9 Å². The van der Waals surface area contributed by atoms with Crippen LogP contribution in [-0.2, 0) is 9.59 Å². The third-order valence-electron chi connectivity index (χ3n) is 6.93. The van der Waals surface area contributed by atoms with E-state index in [1.165, 1.54) is 0 Å². The lowest BCUT2D eigenvalue weighted by atomic mass is 9.78. The lowest BCUT2D eigenvalue weighted by Gasteiger charge is -2.35. The van der Waals surface area contributed by atoms with Gasteiger partial charge in [0.05, 0.1) is 24.5 Å². The molecule has 3 aromatic rings. The molecule has 2 aliphatic rings. The highest BCUT2D eigenvalue weighted by molar-refractivity contribution is 6.06. The molecule has 6 nitrogen and oxygen atoms in total. The number of carbonyl (C=O) groups excluding carboxylic acids is 2. The molecule has 1 aliphatic heterocycles. The number of benzene rings is 2. The van der Waals surface area contributed by atoms with E-state index in [1.54, 1.807) is 19.5 Å². The van der Waals surface area contributed by atoms with Gasteiger partial charge in [-0.15, -0.1) is 0 Å². The van der Waals surface area contributed by atoms with Gasteiger partial charge in [0.25, 0.3) is 0 Å². The second-order valence-electron chi connectivity index (χ2n) is 9.89. The molecule has 1 aromatic heterocycles. The van der Waals surface area contributed by atoms with Crippen LogP contribution >= 0.6 is 0 Å². The molecule has 0 saturated heterocycles. The molecule has 0 saturated carbocycles. The second kappa shape index (κ2) is 9.97. The van der Waals surface area contributed by atoms with E-state index < -0.39 is 6.04 Å². The summed E-state index contributed by atoms with van der Waals surface area (Å²) in [4.78, 5) is 33.9. The van der Waals surface area contributed by atoms with Crippen molar-refractivity contribution >= 4 is 23.1 Å². The molecule has 36 heavy (non-hydrogen) atoms. The maximum absolute atomic E-state index is 13.9. The first-order chi connectivity index (χ1) is 17.5. The highest BCUT2D eigenvalue weighted by Crippen LogP contribution is 2.47. The van der Waals surface area contributed by atoms with Crippen molar-refractivity contribution in [1.29, 1.82) is 0 Å². The Balaban J connectivity index is 1.66. The lowest BCUT2D eigenvalue weighted by Crippen LogP contribution is -2.39. The van der Waals surface area contributed by atoms with Gasteiger partial charge in [-0.3, -0.25) is 19.5 Å². The first-order valence-corrected chi connectivity index (χ1v) is 12.4. The number of ether oxygens (including phenoxy) is 1. The van der Waals surface area contributed by atoms with E-state index in [1.807, 2.05) is 79.4 Å². The number of hydrogen-bond donors (Lipinski definition) is 1.